The lowest BCUT2D eigenvalue weighted by Gasteiger charge is -2.01. The second kappa shape index (κ2) is 4.77. The summed E-state index contributed by atoms with van der Waals surface area (Å²) in [5.74, 6) is -0.0521. The van der Waals surface area contributed by atoms with E-state index in [0.717, 1.165) is 9.35 Å². The summed E-state index contributed by atoms with van der Waals surface area (Å²) in [6.45, 7) is 1.98. The maximum atomic E-state index is 12.1. The third-order valence-corrected chi connectivity index (χ3v) is 3.92. The highest BCUT2D eigenvalue weighted by Gasteiger charge is 2.15. The minimum absolute atomic E-state index is 0.0521. The van der Waals surface area contributed by atoms with Crippen molar-refractivity contribution in [2.45, 2.75) is 6.92 Å². The normalized spacial score (nSPS) is 10.4. The van der Waals surface area contributed by atoms with Crippen molar-refractivity contribution in [1.82, 2.24) is 4.98 Å². The number of aryl methyl sites for hydroxylation is 1. The lowest BCUT2D eigenvalue weighted by atomic mass is 10.1. The summed E-state index contributed by atoms with van der Waals surface area (Å²) in [7, 11) is 0. The monoisotopic (exact) mass is 359 g/mol. The largest absolute Gasteiger partial charge is 0.287 e. The van der Waals surface area contributed by atoms with Gasteiger partial charge in [-0.05, 0) is 50.9 Å². The number of halogens is 2. The standard InChI is InChI=1S/C11H7Br2NOS/c1-6-2-7(5-16-6)11(15)10-9(13)3-8(12)4-14-10/h2-5H,1H3. The van der Waals surface area contributed by atoms with Crippen molar-refractivity contribution >= 4 is 49.0 Å². The quantitative estimate of drug-likeness (QED) is 0.751. The van der Waals surface area contributed by atoms with Crippen LogP contribution >= 0.6 is 43.2 Å². The maximum Gasteiger partial charge on any atom is 0.213 e. The van der Waals surface area contributed by atoms with Gasteiger partial charge in [-0.1, -0.05) is 0 Å². The number of carbonyl (C=O) groups is 1. The number of carbonyl (C=O) groups excluding carboxylic acids is 1. The minimum atomic E-state index is -0.0521. The van der Waals surface area contributed by atoms with Crippen LogP contribution in [0.3, 0.4) is 0 Å². The molecule has 0 atom stereocenters. The molecule has 2 aromatic rings. The molecule has 0 fully saturated rings. The number of thiophene rings is 1. The Morgan fingerprint density at radius 1 is 1.38 bits per heavy atom. The van der Waals surface area contributed by atoms with Crippen molar-refractivity contribution in [2.24, 2.45) is 0 Å². The Balaban J connectivity index is 2.41. The summed E-state index contributed by atoms with van der Waals surface area (Å²) in [5.41, 5.74) is 1.14. The van der Waals surface area contributed by atoms with E-state index >= 15 is 0 Å². The van der Waals surface area contributed by atoms with Gasteiger partial charge in [0.2, 0.25) is 5.78 Å². The molecule has 2 nitrogen and oxygen atoms in total. The molecular weight excluding hydrogens is 354 g/mol. The molecule has 0 unspecified atom stereocenters. The van der Waals surface area contributed by atoms with E-state index in [-0.39, 0.29) is 5.78 Å². The Morgan fingerprint density at radius 2 is 2.12 bits per heavy atom. The molecular formula is C11H7Br2NOS. The first kappa shape index (κ1) is 12.0. The van der Waals surface area contributed by atoms with Gasteiger partial charge in [0, 0.05) is 31.0 Å². The third-order valence-electron chi connectivity index (χ3n) is 2.02. The molecule has 82 valence electrons. The highest BCUT2D eigenvalue weighted by atomic mass is 79.9. The number of hydrogen-bond donors (Lipinski definition) is 0. The Hall–Kier alpha value is -0.520. The number of nitrogens with zero attached hydrogens (tertiary/aromatic N) is 1. The van der Waals surface area contributed by atoms with E-state index in [1.165, 1.54) is 0 Å². The molecule has 0 spiro atoms. The first-order valence-electron chi connectivity index (χ1n) is 4.49. The van der Waals surface area contributed by atoms with Crippen LogP contribution in [0.1, 0.15) is 20.9 Å². The molecule has 2 heterocycles. The Morgan fingerprint density at radius 3 is 2.69 bits per heavy atom. The number of ketones is 1. The van der Waals surface area contributed by atoms with Crippen LogP contribution in [0.5, 0.6) is 0 Å². The molecule has 2 rings (SSSR count). The number of rotatable bonds is 2. The summed E-state index contributed by atoms with van der Waals surface area (Å²) in [5, 5.41) is 1.85. The molecule has 0 saturated carbocycles. The van der Waals surface area contributed by atoms with Crippen LogP contribution in [0.25, 0.3) is 0 Å². The van der Waals surface area contributed by atoms with Crippen molar-refractivity contribution < 1.29 is 4.79 Å². The molecule has 2 aromatic heterocycles. The summed E-state index contributed by atoms with van der Waals surface area (Å²) in [6.07, 6.45) is 1.62. The van der Waals surface area contributed by atoms with Gasteiger partial charge in [-0.25, -0.2) is 0 Å². The Kier molecular flexibility index (Phi) is 3.56. The molecule has 0 bridgehead atoms. The van der Waals surface area contributed by atoms with Crippen LogP contribution in [0.15, 0.2) is 32.7 Å². The van der Waals surface area contributed by atoms with E-state index in [0.29, 0.717) is 15.7 Å². The van der Waals surface area contributed by atoms with Crippen molar-refractivity contribution in [3.05, 3.63) is 48.8 Å². The van der Waals surface area contributed by atoms with Crippen molar-refractivity contribution in [1.29, 1.82) is 0 Å². The van der Waals surface area contributed by atoms with Crippen LogP contribution in [-0.2, 0) is 0 Å². The van der Waals surface area contributed by atoms with Crippen LogP contribution in [0.4, 0.5) is 0 Å². The molecule has 5 heteroatoms. The van der Waals surface area contributed by atoms with Gasteiger partial charge in [0.05, 0.1) is 0 Å². The predicted molar refractivity (Wildman–Crippen MR) is 72.1 cm³/mol. The molecule has 0 aliphatic heterocycles. The maximum absolute atomic E-state index is 12.1. The Bertz CT molecular complexity index is 551. The summed E-state index contributed by atoms with van der Waals surface area (Å²) >= 11 is 8.21. The van der Waals surface area contributed by atoms with Gasteiger partial charge in [-0.15, -0.1) is 11.3 Å². The zero-order valence-electron chi connectivity index (χ0n) is 8.33. The van der Waals surface area contributed by atoms with Gasteiger partial charge in [-0.3, -0.25) is 9.78 Å². The third kappa shape index (κ3) is 2.42. The number of aromatic nitrogens is 1. The summed E-state index contributed by atoms with van der Waals surface area (Å²) < 4.78 is 1.55. The first-order valence-corrected chi connectivity index (χ1v) is 6.95. The average Bonchev–Trinajstić information content (AvgIpc) is 2.64. The summed E-state index contributed by atoms with van der Waals surface area (Å²) in [4.78, 5) is 17.3. The molecule has 0 radical (unpaired) electrons. The van der Waals surface area contributed by atoms with E-state index in [1.54, 1.807) is 17.5 Å². The zero-order chi connectivity index (χ0) is 11.7. The lowest BCUT2D eigenvalue weighted by molar-refractivity contribution is 0.103. The second-order valence-corrected chi connectivity index (χ2v) is 6.14. The van der Waals surface area contributed by atoms with Crippen molar-refractivity contribution in [2.75, 3.05) is 0 Å². The smallest absolute Gasteiger partial charge is 0.213 e. The minimum Gasteiger partial charge on any atom is -0.287 e. The Labute approximate surface area is 114 Å². The average molecular weight is 361 g/mol. The van der Waals surface area contributed by atoms with Crippen LogP contribution in [0.2, 0.25) is 0 Å². The molecule has 16 heavy (non-hydrogen) atoms. The van der Waals surface area contributed by atoms with E-state index in [1.807, 2.05) is 24.4 Å². The van der Waals surface area contributed by atoms with E-state index in [2.05, 4.69) is 36.8 Å². The highest BCUT2D eigenvalue weighted by molar-refractivity contribution is 9.11. The van der Waals surface area contributed by atoms with Gasteiger partial charge in [0.25, 0.3) is 0 Å². The molecule has 0 aliphatic rings. The SMILES string of the molecule is Cc1cc(C(=O)c2ncc(Br)cc2Br)cs1. The molecule has 0 saturated heterocycles. The zero-order valence-corrected chi connectivity index (χ0v) is 12.3. The molecule has 0 aromatic carbocycles. The van der Waals surface area contributed by atoms with Crippen molar-refractivity contribution in [3.63, 3.8) is 0 Å². The first-order chi connectivity index (χ1) is 7.58. The van der Waals surface area contributed by atoms with Crippen LogP contribution in [-0.4, -0.2) is 10.8 Å². The lowest BCUT2D eigenvalue weighted by Crippen LogP contribution is -2.03. The van der Waals surface area contributed by atoms with Crippen LogP contribution in [0, 0.1) is 6.92 Å². The van der Waals surface area contributed by atoms with Gasteiger partial charge in [0.1, 0.15) is 5.69 Å². The van der Waals surface area contributed by atoms with Gasteiger partial charge >= 0.3 is 0 Å². The fraction of sp³-hybridized carbons (Fsp3) is 0.0909. The number of hydrogen-bond acceptors (Lipinski definition) is 3. The van der Waals surface area contributed by atoms with Gasteiger partial charge in [0.15, 0.2) is 0 Å². The summed E-state index contributed by atoms with van der Waals surface area (Å²) in [6, 6.07) is 3.70. The fourth-order valence-corrected chi connectivity index (χ4v) is 3.13. The van der Waals surface area contributed by atoms with E-state index < -0.39 is 0 Å². The highest BCUT2D eigenvalue weighted by Crippen LogP contribution is 2.23. The second-order valence-electron chi connectivity index (χ2n) is 3.26. The molecule has 0 N–H and O–H groups in total. The topological polar surface area (TPSA) is 30.0 Å². The van der Waals surface area contributed by atoms with Crippen LogP contribution < -0.4 is 0 Å². The molecule has 0 amide bonds. The van der Waals surface area contributed by atoms with Gasteiger partial charge < -0.3 is 0 Å². The fourth-order valence-electron chi connectivity index (χ4n) is 1.28. The predicted octanol–water partition coefficient (Wildman–Crippen LogP) is 4.21. The van der Waals surface area contributed by atoms with Crippen molar-refractivity contribution in [3.8, 4) is 0 Å². The van der Waals surface area contributed by atoms with E-state index in [4.69, 9.17) is 0 Å². The van der Waals surface area contributed by atoms with E-state index in [9.17, 15) is 4.79 Å². The molecule has 0 aliphatic carbocycles. The van der Waals surface area contributed by atoms with Gasteiger partial charge in [-0.2, -0.15) is 0 Å². The number of pyridine rings is 1.